The summed E-state index contributed by atoms with van der Waals surface area (Å²) in [6, 6.07) is 11.9. The molecule has 2 aromatic carbocycles. The van der Waals surface area contributed by atoms with E-state index in [9.17, 15) is 5.11 Å². The Balaban J connectivity index is 1.45. The van der Waals surface area contributed by atoms with Crippen molar-refractivity contribution in [3.8, 4) is 5.69 Å². The molecule has 0 spiro atoms. The fourth-order valence-corrected chi connectivity index (χ4v) is 4.34. The van der Waals surface area contributed by atoms with Crippen molar-refractivity contribution in [2.45, 2.75) is 51.6 Å². The first kappa shape index (κ1) is 18.9. The lowest BCUT2D eigenvalue weighted by Crippen LogP contribution is -2.04. The molecular formula is C24H26N4O2. The molecule has 0 bridgehead atoms. The number of fused-ring (bicyclic) bond motifs is 1. The van der Waals surface area contributed by atoms with Crippen molar-refractivity contribution in [1.82, 2.24) is 14.5 Å². The normalized spacial score (nSPS) is 15.0. The molecule has 30 heavy (non-hydrogen) atoms. The molecule has 6 heteroatoms. The quantitative estimate of drug-likeness (QED) is 0.454. The third kappa shape index (κ3) is 3.59. The zero-order valence-corrected chi connectivity index (χ0v) is 17.1. The van der Waals surface area contributed by atoms with Gasteiger partial charge in [-0.2, -0.15) is 0 Å². The van der Waals surface area contributed by atoms with Crippen LogP contribution in [0.3, 0.4) is 0 Å². The van der Waals surface area contributed by atoms with Crippen LogP contribution in [-0.2, 0) is 6.61 Å². The fourth-order valence-electron chi connectivity index (χ4n) is 4.34. The number of nitrogens with zero attached hydrogens (tertiary/aromatic N) is 3. The van der Waals surface area contributed by atoms with E-state index in [1.165, 1.54) is 19.3 Å². The van der Waals surface area contributed by atoms with E-state index in [1.54, 1.807) is 6.33 Å². The summed E-state index contributed by atoms with van der Waals surface area (Å²) >= 11 is 0. The molecule has 5 rings (SSSR count). The fraction of sp³-hybridized carbons (Fsp3) is 0.333. The third-order valence-electron chi connectivity index (χ3n) is 5.91. The molecule has 0 radical (unpaired) electrons. The van der Waals surface area contributed by atoms with Crippen LogP contribution in [0.5, 0.6) is 0 Å². The number of aryl methyl sites for hydroxylation is 1. The van der Waals surface area contributed by atoms with Gasteiger partial charge in [0.15, 0.2) is 11.5 Å². The number of aliphatic hydroxyl groups is 1. The summed E-state index contributed by atoms with van der Waals surface area (Å²) in [4.78, 5) is 9.13. The van der Waals surface area contributed by atoms with E-state index >= 15 is 0 Å². The van der Waals surface area contributed by atoms with Crippen molar-refractivity contribution in [3.05, 3.63) is 66.1 Å². The van der Waals surface area contributed by atoms with E-state index in [4.69, 9.17) is 9.40 Å². The minimum atomic E-state index is -0.0535. The molecule has 0 atom stereocenters. The highest BCUT2D eigenvalue weighted by Crippen LogP contribution is 2.36. The summed E-state index contributed by atoms with van der Waals surface area (Å²) in [5.74, 6) is 1.29. The Hall–Kier alpha value is -3.12. The molecule has 1 aliphatic rings. The number of benzene rings is 2. The molecule has 0 aliphatic heterocycles. The Morgan fingerprint density at radius 2 is 2.03 bits per heavy atom. The molecule has 1 fully saturated rings. The molecule has 154 valence electrons. The number of para-hydroxylation sites is 1. The zero-order valence-electron chi connectivity index (χ0n) is 17.1. The highest BCUT2D eigenvalue weighted by atomic mass is 16.3. The van der Waals surface area contributed by atoms with Crippen LogP contribution in [0.15, 0.2) is 53.3 Å². The standard InChI is InChI=1S/C24H26N4O2/c1-16-13-28(15-25-16)21-11-10-19(12-18(21)14-29)26-20-8-5-9-22-23(20)27-24(30-22)17-6-3-2-4-7-17/h5,8-13,15,17,26,29H,2-4,6-7,14H2,1H3. The third-order valence-corrected chi connectivity index (χ3v) is 5.91. The van der Waals surface area contributed by atoms with Crippen molar-refractivity contribution < 1.29 is 9.52 Å². The van der Waals surface area contributed by atoms with E-state index in [2.05, 4.69) is 10.3 Å². The average Bonchev–Trinajstić information content (AvgIpc) is 3.41. The van der Waals surface area contributed by atoms with Crippen LogP contribution in [0.1, 0.15) is 55.2 Å². The molecule has 0 saturated heterocycles. The van der Waals surface area contributed by atoms with Crippen molar-refractivity contribution in [2.24, 2.45) is 0 Å². The number of hydrogen-bond acceptors (Lipinski definition) is 5. The number of hydrogen-bond donors (Lipinski definition) is 2. The number of oxazole rings is 1. The maximum Gasteiger partial charge on any atom is 0.198 e. The lowest BCUT2D eigenvalue weighted by atomic mass is 9.89. The van der Waals surface area contributed by atoms with Crippen LogP contribution < -0.4 is 5.32 Å². The van der Waals surface area contributed by atoms with Crippen LogP contribution >= 0.6 is 0 Å². The van der Waals surface area contributed by atoms with Gasteiger partial charge in [0, 0.05) is 23.4 Å². The molecule has 2 aromatic heterocycles. The SMILES string of the molecule is Cc1cn(-c2ccc(Nc3cccc4oc(C5CCCCC5)nc34)cc2CO)cn1. The Bertz CT molecular complexity index is 1170. The zero-order chi connectivity index (χ0) is 20.5. The molecular weight excluding hydrogens is 376 g/mol. The average molecular weight is 402 g/mol. The molecule has 2 heterocycles. The van der Waals surface area contributed by atoms with Crippen LogP contribution in [0, 0.1) is 6.92 Å². The molecule has 1 saturated carbocycles. The summed E-state index contributed by atoms with van der Waals surface area (Å²) in [5, 5.41) is 13.4. The van der Waals surface area contributed by atoms with E-state index in [1.807, 2.05) is 54.1 Å². The Morgan fingerprint density at radius 3 is 2.80 bits per heavy atom. The van der Waals surface area contributed by atoms with Gasteiger partial charge in [0.2, 0.25) is 0 Å². The maximum absolute atomic E-state index is 9.91. The second kappa shape index (κ2) is 7.95. The van der Waals surface area contributed by atoms with E-state index in [-0.39, 0.29) is 6.61 Å². The summed E-state index contributed by atoms with van der Waals surface area (Å²) in [7, 11) is 0. The summed E-state index contributed by atoms with van der Waals surface area (Å²) in [6.45, 7) is 1.90. The van der Waals surface area contributed by atoms with E-state index < -0.39 is 0 Å². The molecule has 2 N–H and O–H groups in total. The van der Waals surface area contributed by atoms with E-state index in [0.717, 1.165) is 58.2 Å². The van der Waals surface area contributed by atoms with E-state index in [0.29, 0.717) is 5.92 Å². The largest absolute Gasteiger partial charge is 0.440 e. The van der Waals surface area contributed by atoms with Crippen molar-refractivity contribution in [3.63, 3.8) is 0 Å². The van der Waals surface area contributed by atoms with Gasteiger partial charge in [-0.05, 0) is 50.1 Å². The van der Waals surface area contributed by atoms with Gasteiger partial charge in [-0.1, -0.05) is 25.3 Å². The smallest absolute Gasteiger partial charge is 0.198 e. The number of rotatable bonds is 5. The number of aromatic nitrogens is 3. The first-order valence-electron chi connectivity index (χ1n) is 10.6. The minimum absolute atomic E-state index is 0.0535. The molecule has 4 aromatic rings. The van der Waals surface area contributed by atoms with Gasteiger partial charge in [-0.3, -0.25) is 0 Å². The molecule has 1 aliphatic carbocycles. The van der Waals surface area contributed by atoms with Crippen LogP contribution in [0.4, 0.5) is 11.4 Å². The first-order chi connectivity index (χ1) is 14.7. The first-order valence-corrected chi connectivity index (χ1v) is 10.6. The Kier molecular flexibility index (Phi) is 5.01. The predicted octanol–water partition coefficient (Wildman–Crippen LogP) is 5.61. The van der Waals surface area contributed by atoms with Gasteiger partial charge in [0.1, 0.15) is 5.52 Å². The summed E-state index contributed by atoms with van der Waals surface area (Å²) in [6.07, 6.45) is 9.84. The van der Waals surface area contributed by atoms with Gasteiger partial charge < -0.3 is 19.4 Å². The number of imidazole rings is 1. The highest BCUT2D eigenvalue weighted by molar-refractivity contribution is 5.89. The second-order valence-electron chi connectivity index (χ2n) is 8.09. The van der Waals surface area contributed by atoms with Gasteiger partial charge in [0.05, 0.1) is 30.0 Å². The van der Waals surface area contributed by atoms with Crippen molar-refractivity contribution >= 4 is 22.5 Å². The lowest BCUT2D eigenvalue weighted by Gasteiger charge is -2.17. The number of nitrogens with one attached hydrogen (secondary N) is 1. The summed E-state index contributed by atoms with van der Waals surface area (Å²) in [5.41, 5.74) is 6.16. The van der Waals surface area contributed by atoms with Crippen LogP contribution in [0.25, 0.3) is 16.8 Å². The molecule has 0 unspecified atom stereocenters. The second-order valence-corrected chi connectivity index (χ2v) is 8.09. The Morgan fingerprint density at radius 1 is 1.17 bits per heavy atom. The minimum Gasteiger partial charge on any atom is -0.440 e. The topological polar surface area (TPSA) is 76.1 Å². The lowest BCUT2D eigenvalue weighted by molar-refractivity contribution is 0.281. The van der Waals surface area contributed by atoms with Crippen molar-refractivity contribution in [2.75, 3.05) is 5.32 Å². The molecule has 6 nitrogen and oxygen atoms in total. The predicted molar refractivity (Wildman–Crippen MR) is 117 cm³/mol. The van der Waals surface area contributed by atoms with Crippen LogP contribution in [0.2, 0.25) is 0 Å². The maximum atomic E-state index is 9.91. The Labute approximate surface area is 175 Å². The monoisotopic (exact) mass is 402 g/mol. The number of anilines is 2. The van der Waals surface area contributed by atoms with Crippen LogP contribution in [-0.4, -0.2) is 19.6 Å². The van der Waals surface area contributed by atoms with Gasteiger partial charge in [-0.25, -0.2) is 9.97 Å². The van der Waals surface area contributed by atoms with Crippen molar-refractivity contribution in [1.29, 1.82) is 0 Å². The van der Waals surface area contributed by atoms with Gasteiger partial charge in [-0.15, -0.1) is 0 Å². The highest BCUT2D eigenvalue weighted by Gasteiger charge is 2.21. The van der Waals surface area contributed by atoms with Gasteiger partial charge in [0.25, 0.3) is 0 Å². The van der Waals surface area contributed by atoms with Gasteiger partial charge >= 0.3 is 0 Å². The molecule has 0 amide bonds. The number of aliphatic hydroxyl groups excluding tert-OH is 1. The summed E-state index contributed by atoms with van der Waals surface area (Å²) < 4.78 is 8.04.